The number of aromatic nitrogens is 2. The predicted molar refractivity (Wildman–Crippen MR) is 140 cm³/mol. The van der Waals surface area contributed by atoms with Crippen LogP contribution in [0, 0.1) is 13.8 Å². The predicted octanol–water partition coefficient (Wildman–Crippen LogP) is 4.62. The lowest BCUT2D eigenvalue weighted by molar-refractivity contribution is -0.117. The smallest absolute Gasteiger partial charge is 0.227 e. The van der Waals surface area contributed by atoms with Crippen LogP contribution in [0.4, 0.5) is 5.69 Å². The molecule has 1 amide bonds. The third-order valence-corrected chi connectivity index (χ3v) is 6.72. The topological polar surface area (TPSA) is 76.8 Å². The van der Waals surface area contributed by atoms with Crippen molar-refractivity contribution in [1.29, 1.82) is 0 Å². The zero-order chi connectivity index (χ0) is 25.2. The first-order valence-electron chi connectivity index (χ1n) is 12.2. The molecule has 2 heterocycles. The largest absolute Gasteiger partial charge is 0.495 e. The normalized spacial score (nSPS) is 16.5. The van der Waals surface area contributed by atoms with Gasteiger partial charge in [-0.25, -0.2) is 4.98 Å². The van der Waals surface area contributed by atoms with Gasteiger partial charge in [0, 0.05) is 18.9 Å². The molecule has 2 atom stereocenters. The van der Waals surface area contributed by atoms with E-state index in [1.54, 1.807) is 12.0 Å². The highest BCUT2D eigenvalue weighted by atomic mass is 16.5. The first kappa shape index (κ1) is 23.9. The number of methoxy groups -OCH3 is 1. The Labute approximate surface area is 210 Å². The molecule has 1 aromatic heterocycles. The van der Waals surface area contributed by atoms with Crippen molar-refractivity contribution in [2.24, 2.45) is 0 Å². The molecule has 0 aliphatic carbocycles. The molecule has 1 N–H and O–H groups in total. The first-order chi connectivity index (χ1) is 17.4. The molecule has 0 radical (unpaired) electrons. The fraction of sp³-hybridized carbons (Fsp3) is 0.310. The summed E-state index contributed by atoms with van der Waals surface area (Å²) in [5.74, 6) is 2.16. The molecule has 1 aliphatic rings. The Kier molecular flexibility index (Phi) is 6.65. The number of benzene rings is 3. The van der Waals surface area contributed by atoms with Crippen LogP contribution in [0.3, 0.4) is 0 Å². The first-order valence-corrected chi connectivity index (χ1v) is 12.2. The Morgan fingerprint density at radius 1 is 1.06 bits per heavy atom. The second-order valence-electron chi connectivity index (χ2n) is 9.38. The van der Waals surface area contributed by atoms with Crippen molar-refractivity contribution >= 4 is 22.6 Å². The van der Waals surface area contributed by atoms with E-state index in [1.807, 2.05) is 85.1 Å². The summed E-state index contributed by atoms with van der Waals surface area (Å²) in [6, 6.07) is 21.5. The van der Waals surface area contributed by atoms with E-state index in [0.29, 0.717) is 25.3 Å². The number of aliphatic hydroxyl groups excluding tert-OH is 1. The van der Waals surface area contributed by atoms with Crippen LogP contribution in [0.2, 0.25) is 0 Å². The Hall–Kier alpha value is -3.84. The molecule has 186 valence electrons. The highest BCUT2D eigenvalue weighted by Gasteiger charge is 2.36. The lowest BCUT2D eigenvalue weighted by atomic mass is 10.1. The van der Waals surface area contributed by atoms with Gasteiger partial charge in [-0.05, 0) is 55.3 Å². The molecule has 0 saturated carbocycles. The maximum atomic E-state index is 13.1. The van der Waals surface area contributed by atoms with Crippen LogP contribution in [0.1, 0.15) is 29.3 Å². The highest BCUT2D eigenvalue weighted by molar-refractivity contribution is 5.97. The third kappa shape index (κ3) is 4.66. The Morgan fingerprint density at radius 2 is 1.83 bits per heavy atom. The van der Waals surface area contributed by atoms with E-state index in [9.17, 15) is 9.90 Å². The molecule has 0 bridgehead atoms. The lowest BCUT2D eigenvalue weighted by Crippen LogP contribution is -2.27. The second-order valence-corrected chi connectivity index (χ2v) is 9.38. The number of fused-ring (bicyclic) bond motifs is 1. The fourth-order valence-electron chi connectivity index (χ4n) is 4.88. The number of hydrogen-bond acceptors (Lipinski definition) is 5. The Balaban J connectivity index is 1.39. The van der Waals surface area contributed by atoms with Crippen LogP contribution in [0.15, 0.2) is 66.7 Å². The quantitative estimate of drug-likeness (QED) is 0.394. The zero-order valence-corrected chi connectivity index (χ0v) is 20.8. The van der Waals surface area contributed by atoms with E-state index in [2.05, 4.69) is 0 Å². The van der Waals surface area contributed by atoms with Gasteiger partial charge in [-0.1, -0.05) is 36.4 Å². The average molecular weight is 486 g/mol. The molecule has 36 heavy (non-hydrogen) atoms. The number of aliphatic hydroxyl groups is 1. The molecule has 3 aromatic carbocycles. The van der Waals surface area contributed by atoms with Crippen LogP contribution in [0.5, 0.6) is 11.5 Å². The second kappa shape index (κ2) is 10.0. The summed E-state index contributed by atoms with van der Waals surface area (Å²) in [5, 5.41) is 11.0. The fourth-order valence-corrected chi connectivity index (χ4v) is 4.88. The van der Waals surface area contributed by atoms with E-state index < -0.39 is 6.10 Å². The number of carbonyl (C=O) groups excluding carboxylic acids is 1. The summed E-state index contributed by atoms with van der Waals surface area (Å²) >= 11 is 0. The van der Waals surface area contributed by atoms with Gasteiger partial charge in [0.25, 0.3) is 0 Å². The van der Waals surface area contributed by atoms with Crippen molar-refractivity contribution < 1.29 is 19.4 Å². The molecule has 0 spiro atoms. The number of carbonyl (C=O) groups is 1. The van der Waals surface area contributed by atoms with Gasteiger partial charge < -0.3 is 24.0 Å². The Bertz CT molecular complexity index is 1400. The number of ether oxygens (including phenoxy) is 2. The molecule has 2 unspecified atom stereocenters. The maximum absolute atomic E-state index is 13.1. The number of imidazole rings is 1. The number of nitrogens with zero attached hydrogens (tertiary/aromatic N) is 3. The van der Waals surface area contributed by atoms with Crippen LogP contribution in [-0.4, -0.2) is 46.9 Å². The van der Waals surface area contributed by atoms with E-state index >= 15 is 0 Å². The van der Waals surface area contributed by atoms with Gasteiger partial charge in [0.2, 0.25) is 5.91 Å². The van der Waals surface area contributed by atoms with E-state index in [4.69, 9.17) is 14.5 Å². The van der Waals surface area contributed by atoms with Crippen molar-refractivity contribution in [2.45, 2.75) is 38.8 Å². The van der Waals surface area contributed by atoms with Crippen molar-refractivity contribution in [2.75, 3.05) is 25.2 Å². The van der Waals surface area contributed by atoms with Crippen molar-refractivity contribution in [3.63, 3.8) is 0 Å². The molecule has 7 heteroatoms. The monoisotopic (exact) mass is 485 g/mol. The van der Waals surface area contributed by atoms with Crippen molar-refractivity contribution in [1.82, 2.24) is 9.55 Å². The summed E-state index contributed by atoms with van der Waals surface area (Å²) in [7, 11) is 1.61. The summed E-state index contributed by atoms with van der Waals surface area (Å²) in [4.78, 5) is 19.7. The summed E-state index contributed by atoms with van der Waals surface area (Å²) in [6.07, 6.45) is -0.403. The van der Waals surface area contributed by atoms with E-state index in [-0.39, 0.29) is 18.4 Å². The minimum Gasteiger partial charge on any atom is -0.495 e. The minimum atomic E-state index is -0.747. The molecular formula is C29H31N3O4. The average Bonchev–Trinajstić information content (AvgIpc) is 3.45. The summed E-state index contributed by atoms with van der Waals surface area (Å²) < 4.78 is 13.5. The van der Waals surface area contributed by atoms with Crippen LogP contribution in [0.25, 0.3) is 11.0 Å². The minimum absolute atomic E-state index is 0.0295. The number of hydrogen-bond donors (Lipinski definition) is 1. The molecule has 1 saturated heterocycles. The van der Waals surface area contributed by atoms with Crippen LogP contribution in [-0.2, 0) is 11.3 Å². The number of amides is 1. The van der Waals surface area contributed by atoms with Gasteiger partial charge in [-0.3, -0.25) is 4.79 Å². The van der Waals surface area contributed by atoms with E-state index in [1.165, 1.54) is 0 Å². The highest BCUT2D eigenvalue weighted by Crippen LogP contribution is 2.37. The standard InChI is InChI=1S/C29H31N3O4/c1-19-12-13-20(2)27(14-19)36-18-22(33)17-32-24-9-5-4-8-23(24)30-29(32)21-15-28(34)31(16-21)25-10-6-7-11-26(25)35-3/h4-14,21-22,33H,15-18H2,1-3H3. The molecule has 1 aliphatic heterocycles. The van der Waals surface area contributed by atoms with Gasteiger partial charge in [0.05, 0.1) is 30.4 Å². The van der Waals surface area contributed by atoms with Gasteiger partial charge in [-0.15, -0.1) is 0 Å². The van der Waals surface area contributed by atoms with Gasteiger partial charge in [0.15, 0.2) is 0 Å². The summed E-state index contributed by atoms with van der Waals surface area (Å²) in [5.41, 5.74) is 4.68. The molecule has 7 nitrogen and oxygen atoms in total. The SMILES string of the molecule is COc1ccccc1N1CC(c2nc3ccccc3n2CC(O)COc2cc(C)ccc2C)CC1=O. The zero-order valence-electron chi connectivity index (χ0n) is 20.8. The van der Waals surface area contributed by atoms with Gasteiger partial charge >= 0.3 is 0 Å². The number of anilines is 1. The van der Waals surface area contributed by atoms with Crippen LogP contribution >= 0.6 is 0 Å². The Morgan fingerprint density at radius 3 is 2.67 bits per heavy atom. The number of rotatable bonds is 8. The summed E-state index contributed by atoms with van der Waals surface area (Å²) in [6.45, 7) is 4.99. The van der Waals surface area contributed by atoms with Gasteiger partial charge in [-0.2, -0.15) is 0 Å². The lowest BCUT2D eigenvalue weighted by Gasteiger charge is -2.20. The number of aryl methyl sites for hydroxylation is 2. The number of para-hydroxylation sites is 4. The molecule has 4 aromatic rings. The van der Waals surface area contributed by atoms with Crippen molar-refractivity contribution in [3.05, 3.63) is 83.7 Å². The molecule has 5 rings (SSSR count). The van der Waals surface area contributed by atoms with Crippen molar-refractivity contribution in [3.8, 4) is 11.5 Å². The molecule has 1 fully saturated rings. The third-order valence-electron chi connectivity index (χ3n) is 6.72. The van der Waals surface area contributed by atoms with Gasteiger partial charge in [0.1, 0.15) is 30.0 Å². The molecular weight excluding hydrogens is 454 g/mol. The van der Waals surface area contributed by atoms with Crippen LogP contribution < -0.4 is 14.4 Å². The maximum Gasteiger partial charge on any atom is 0.227 e. The van der Waals surface area contributed by atoms with E-state index in [0.717, 1.165) is 39.4 Å².